The van der Waals surface area contributed by atoms with Gasteiger partial charge in [0.05, 0.1) is 5.69 Å². The van der Waals surface area contributed by atoms with Gasteiger partial charge in [0.15, 0.2) is 0 Å². The Kier molecular flexibility index (Phi) is 2.18. The molecule has 0 amide bonds. The van der Waals surface area contributed by atoms with E-state index >= 15 is 0 Å². The fraction of sp³-hybridized carbons (Fsp3) is 0.462. The van der Waals surface area contributed by atoms with E-state index in [9.17, 15) is 0 Å². The molecule has 1 aliphatic heterocycles. The quantitative estimate of drug-likeness (QED) is 0.667. The van der Waals surface area contributed by atoms with E-state index in [0.29, 0.717) is 0 Å². The van der Waals surface area contributed by atoms with Gasteiger partial charge in [-0.15, -0.1) is 0 Å². The van der Waals surface area contributed by atoms with Crippen molar-refractivity contribution in [2.24, 2.45) is 4.99 Å². The molecule has 0 saturated heterocycles. The van der Waals surface area contributed by atoms with Crippen molar-refractivity contribution in [2.45, 2.75) is 39.0 Å². The third kappa shape index (κ3) is 1.12. The zero-order valence-corrected chi connectivity index (χ0v) is 9.17. The molecule has 74 valence electrons. The molecule has 1 unspecified atom stereocenters. The van der Waals surface area contributed by atoms with E-state index < -0.39 is 0 Å². The lowest BCUT2D eigenvalue weighted by Crippen LogP contribution is -2.27. The highest BCUT2D eigenvalue weighted by Crippen LogP contribution is 2.42. The maximum Gasteiger partial charge on any atom is 0.0670 e. The van der Waals surface area contributed by atoms with Crippen molar-refractivity contribution in [3.8, 4) is 0 Å². The lowest BCUT2D eigenvalue weighted by molar-refractivity contribution is 0.617. The molecule has 14 heavy (non-hydrogen) atoms. The second-order valence-electron chi connectivity index (χ2n) is 4.11. The van der Waals surface area contributed by atoms with Crippen molar-refractivity contribution in [3.63, 3.8) is 0 Å². The van der Waals surface area contributed by atoms with Gasteiger partial charge < -0.3 is 0 Å². The Morgan fingerprint density at radius 3 is 2.57 bits per heavy atom. The third-order valence-corrected chi connectivity index (χ3v) is 3.43. The molecule has 1 atom stereocenters. The Morgan fingerprint density at radius 1 is 1.21 bits per heavy atom. The molecule has 1 aromatic carbocycles. The molecule has 0 aliphatic carbocycles. The molecule has 1 aliphatic rings. The van der Waals surface area contributed by atoms with Gasteiger partial charge in [-0.1, -0.05) is 39.0 Å². The minimum Gasteiger partial charge on any atom is -0.257 e. The van der Waals surface area contributed by atoms with Crippen LogP contribution < -0.4 is 0 Å². The van der Waals surface area contributed by atoms with Crippen LogP contribution in [-0.4, -0.2) is 5.71 Å². The minimum absolute atomic E-state index is 0.186. The van der Waals surface area contributed by atoms with Crippen LogP contribution in [0, 0.1) is 0 Å². The van der Waals surface area contributed by atoms with Crippen molar-refractivity contribution in [1.82, 2.24) is 0 Å². The summed E-state index contributed by atoms with van der Waals surface area (Å²) in [6.45, 7) is 6.74. The van der Waals surface area contributed by atoms with Crippen molar-refractivity contribution >= 4 is 11.4 Å². The molecule has 0 spiro atoms. The van der Waals surface area contributed by atoms with Crippen molar-refractivity contribution in [2.75, 3.05) is 0 Å². The first-order valence-corrected chi connectivity index (χ1v) is 5.40. The molecule has 0 bridgehead atoms. The fourth-order valence-corrected chi connectivity index (χ4v) is 2.33. The Labute approximate surface area is 85.9 Å². The van der Waals surface area contributed by atoms with Crippen molar-refractivity contribution in [3.05, 3.63) is 29.8 Å². The summed E-state index contributed by atoms with van der Waals surface area (Å²) in [4.78, 5) is 4.71. The molecule has 0 N–H and O–H groups in total. The second kappa shape index (κ2) is 3.23. The summed E-state index contributed by atoms with van der Waals surface area (Å²) in [5.41, 5.74) is 4.10. The van der Waals surface area contributed by atoms with Crippen LogP contribution >= 0.6 is 0 Å². The zero-order chi connectivity index (χ0) is 10.2. The molecule has 0 fully saturated rings. The topological polar surface area (TPSA) is 12.4 Å². The van der Waals surface area contributed by atoms with Gasteiger partial charge in [-0.3, -0.25) is 4.99 Å². The van der Waals surface area contributed by atoms with E-state index in [1.54, 1.807) is 0 Å². The fourth-order valence-electron chi connectivity index (χ4n) is 2.33. The van der Waals surface area contributed by atoms with E-state index in [0.717, 1.165) is 12.8 Å². The highest BCUT2D eigenvalue weighted by atomic mass is 14.8. The minimum atomic E-state index is 0.186. The SMILES string of the molecule is CCC1=Nc2ccccc2C1(C)CC. The number of hydrogen-bond donors (Lipinski definition) is 0. The summed E-state index contributed by atoms with van der Waals surface area (Å²) in [7, 11) is 0. The Morgan fingerprint density at radius 2 is 1.93 bits per heavy atom. The van der Waals surface area contributed by atoms with Gasteiger partial charge in [0, 0.05) is 11.1 Å². The van der Waals surface area contributed by atoms with Gasteiger partial charge in [0.1, 0.15) is 0 Å². The number of nitrogens with zero attached hydrogens (tertiary/aromatic N) is 1. The maximum atomic E-state index is 4.71. The summed E-state index contributed by atoms with van der Waals surface area (Å²) in [6.07, 6.45) is 2.19. The van der Waals surface area contributed by atoms with E-state index in [2.05, 4.69) is 45.0 Å². The number of fused-ring (bicyclic) bond motifs is 1. The molecule has 1 heteroatoms. The van der Waals surface area contributed by atoms with Crippen LogP contribution in [-0.2, 0) is 5.41 Å². The molecule has 1 aromatic rings. The summed E-state index contributed by atoms with van der Waals surface area (Å²) in [5.74, 6) is 0. The summed E-state index contributed by atoms with van der Waals surface area (Å²) in [6, 6.07) is 8.51. The first-order chi connectivity index (χ1) is 6.72. The molecule has 1 nitrogen and oxygen atoms in total. The predicted octanol–water partition coefficient (Wildman–Crippen LogP) is 3.85. The number of hydrogen-bond acceptors (Lipinski definition) is 1. The van der Waals surface area contributed by atoms with Crippen molar-refractivity contribution < 1.29 is 0 Å². The summed E-state index contributed by atoms with van der Waals surface area (Å²) >= 11 is 0. The number of benzene rings is 1. The Bertz CT molecular complexity index is 379. The van der Waals surface area contributed by atoms with Gasteiger partial charge in [-0.05, 0) is 24.5 Å². The van der Waals surface area contributed by atoms with Gasteiger partial charge in [-0.2, -0.15) is 0 Å². The zero-order valence-electron chi connectivity index (χ0n) is 9.17. The van der Waals surface area contributed by atoms with Crippen LogP contribution in [0.4, 0.5) is 5.69 Å². The third-order valence-electron chi connectivity index (χ3n) is 3.43. The summed E-state index contributed by atoms with van der Waals surface area (Å²) in [5, 5.41) is 0. The van der Waals surface area contributed by atoms with E-state index in [1.807, 2.05) is 0 Å². The number of rotatable bonds is 2. The number of aliphatic imine (C=N–C) groups is 1. The van der Waals surface area contributed by atoms with Gasteiger partial charge in [-0.25, -0.2) is 0 Å². The average molecular weight is 187 g/mol. The molecule has 1 heterocycles. The van der Waals surface area contributed by atoms with Gasteiger partial charge in [0.2, 0.25) is 0 Å². The monoisotopic (exact) mass is 187 g/mol. The van der Waals surface area contributed by atoms with Crippen LogP contribution in [0.3, 0.4) is 0 Å². The van der Waals surface area contributed by atoms with E-state index in [1.165, 1.54) is 17.0 Å². The van der Waals surface area contributed by atoms with Crippen LogP contribution in [0.25, 0.3) is 0 Å². The molecule has 2 rings (SSSR count). The normalized spacial score (nSPS) is 24.6. The van der Waals surface area contributed by atoms with Crippen LogP contribution in [0.1, 0.15) is 39.2 Å². The average Bonchev–Trinajstić information content (AvgIpc) is 2.53. The molecule has 0 saturated carbocycles. The highest BCUT2D eigenvalue weighted by Gasteiger charge is 2.35. The highest BCUT2D eigenvalue weighted by molar-refractivity contribution is 6.01. The lowest BCUT2D eigenvalue weighted by atomic mass is 9.76. The van der Waals surface area contributed by atoms with E-state index in [-0.39, 0.29) is 5.41 Å². The van der Waals surface area contributed by atoms with Gasteiger partial charge in [0.25, 0.3) is 0 Å². The Balaban J connectivity index is 2.57. The standard InChI is InChI=1S/C13H17N/c1-4-12-13(3,5-2)10-8-6-7-9-11(10)14-12/h6-9H,4-5H2,1-3H3. The molecule has 0 aromatic heterocycles. The maximum absolute atomic E-state index is 4.71. The van der Waals surface area contributed by atoms with Crippen molar-refractivity contribution in [1.29, 1.82) is 0 Å². The first-order valence-electron chi connectivity index (χ1n) is 5.40. The smallest absolute Gasteiger partial charge is 0.0670 e. The van der Waals surface area contributed by atoms with Gasteiger partial charge >= 0.3 is 0 Å². The molecule has 0 radical (unpaired) electrons. The van der Waals surface area contributed by atoms with Crippen LogP contribution in [0.5, 0.6) is 0 Å². The van der Waals surface area contributed by atoms with Crippen LogP contribution in [0.15, 0.2) is 29.3 Å². The number of para-hydroxylation sites is 1. The Hall–Kier alpha value is -1.11. The summed E-state index contributed by atoms with van der Waals surface area (Å²) < 4.78 is 0. The van der Waals surface area contributed by atoms with Crippen LogP contribution in [0.2, 0.25) is 0 Å². The first kappa shape index (κ1) is 9.45. The second-order valence-corrected chi connectivity index (χ2v) is 4.11. The lowest BCUT2D eigenvalue weighted by Gasteiger charge is -2.25. The van der Waals surface area contributed by atoms with E-state index in [4.69, 9.17) is 4.99 Å². The molecular weight excluding hydrogens is 170 g/mol. The molecular formula is C13H17N. The predicted molar refractivity (Wildman–Crippen MR) is 61.5 cm³/mol. The largest absolute Gasteiger partial charge is 0.257 e.